The Balaban J connectivity index is 3.05. The van der Waals surface area contributed by atoms with Crippen molar-refractivity contribution >= 4 is 17.7 Å². The maximum absolute atomic E-state index is 11.7. The monoisotopic (exact) mass is 371 g/mol. The van der Waals surface area contributed by atoms with Crippen LogP contribution < -0.4 is 0 Å². The molecule has 0 aromatic heterocycles. The van der Waals surface area contributed by atoms with Crippen molar-refractivity contribution in [3.05, 3.63) is 59.3 Å². The molecule has 0 heterocycles. The lowest BCUT2D eigenvalue weighted by molar-refractivity contribution is -0.162. The molecule has 1 aromatic carbocycles. The molecule has 1 N–H and O–H groups in total. The van der Waals surface area contributed by atoms with Gasteiger partial charge in [-0.1, -0.05) is 19.1 Å². The number of benzene rings is 1. The molecular formula is C21H29N3O3. The Morgan fingerprint density at radius 3 is 2.44 bits per heavy atom. The van der Waals surface area contributed by atoms with Crippen molar-refractivity contribution in [1.82, 2.24) is 9.96 Å². The van der Waals surface area contributed by atoms with Crippen LogP contribution >= 0.6 is 0 Å². The first-order valence-corrected chi connectivity index (χ1v) is 8.69. The number of aromatic hydroxyl groups is 1. The zero-order valence-corrected chi connectivity index (χ0v) is 16.9. The molecule has 0 bridgehead atoms. The van der Waals surface area contributed by atoms with Crippen LogP contribution in [0.2, 0.25) is 0 Å². The predicted molar refractivity (Wildman–Crippen MR) is 111 cm³/mol. The summed E-state index contributed by atoms with van der Waals surface area (Å²) in [5.41, 5.74) is 3.06. The first kappa shape index (κ1) is 22.2. The largest absolute Gasteiger partial charge is 0.507 e. The number of phenolic OH excluding ortho intramolecular Hbond substituents is 1. The van der Waals surface area contributed by atoms with E-state index in [1.54, 1.807) is 25.3 Å². The average molecular weight is 371 g/mol. The van der Waals surface area contributed by atoms with Crippen LogP contribution in [-0.2, 0) is 9.63 Å². The van der Waals surface area contributed by atoms with E-state index in [-0.39, 0.29) is 11.7 Å². The quantitative estimate of drug-likeness (QED) is 0.330. The van der Waals surface area contributed by atoms with Gasteiger partial charge in [0.05, 0.1) is 12.8 Å². The Labute approximate surface area is 161 Å². The van der Waals surface area contributed by atoms with Gasteiger partial charge in [0.2, 0.25) is 0 Å². The molecule has 1 rings (SSSR count). The van der Waals surface area contributed by atoms with Crippen LogP contribution in [0.15, 0.2) is 53.2 Å². The highest BCUT2D eigenvalue weighted by Gasteiger charge is 2.08. The van der Waals surface area contributed by atoms with Crippen molar-refractivity contribution < 1.29 is 14.7 Å². The van der Waals surface area contributed by atoms with Crippen molar-refractivity contribution in [2.75, 3.05) is 35.3 Å². The number of likely N-dealkylation sites (N-methyl/N-ethyl adjacent to an activating group) is 2. The number of carbonyl (C=O) groups is 1. The Hall–Kier alpha value is -2.86. The summed E-state index contributed by atoms with van der Waals surface area (Å²) >= 11 is 0. The second-order valence-corrected chi connectivity index (χ2v) is 6.00. The second-order valence-electron chi connectivity index (χ2n) is 6.00. The van der Waals surface area contributed by atoms with Gasteiger partial charge in [-0.15, -0.1) is 0 Å². The normalized spacial score (nSPS) is 12.8. The smallest absolute Gasteiger partial charge is 0.269 e. The highest BCUT2D eigenvalue weighted by atomic mass is 16.7. The zero-order valence-electron chi connectivity index (χ0n) is 16.9. The standard InChI is InChI=1S/C21H29N3O3/c1-7-8-17(23(3)4)11-13-19(22-2)18-12-9-16(15-20(18)25)10-14-21(26)24(5)27-6/h8-15,25H,7H2,1-6H3/b13-11-,14-10+,17-8-,22-19+. The SMILES string of the molecule is CC/C=C(/C=C\C(=N/C)c1ccc(/C=C/C(=O)N(C)OC)cc1O)N(C)C. The summed E-state index contributed by atoms with van der Waals surface area (Å²) in [5, 5.41) is 11.5. The number of aliphatic imine (C=N–C) groups is 1. The molecule has 0 saturated heterocycles. The number of allylic oxidation sites excluding steroid dienone is 3. The summed E-state index contributed by atoms with van der Waals surface area (Å²) in [6, 6.07) is 5.20. The number of hydrogen-bond acceptors (Lipinski definition) is 5. The zero-order chi connectivity index (χ0) is 20.4. The van der Waals surface area contributed by atoms with Crippen LogP contribution in [0.5, 0.6) is 5.75 Å². The molecule has 0 aliphatic rings. The predicted octanol–water partition coefficient (Wildman–Crippen LogP) is 3.26. The average Bonchev–Trinajstić information content (AvgIpc) is 2.65. The van der Waals surface area contributed by atoms with E-state index in [2.05, 4.69) is 18.0 Å². The van der Waals surface area contributed by atoms with E-state index in [1.807, 2.05) is 37.2 Å². The molecule has 6 nitrogen and oxygen atoms in total. The van der Waals surface area contributed by atoms with E-state index < -0.39 is 0 Å². The molecule has 27 heavy (non-hydrogen) atoms. The third kappa shape index (κ3) is 6.75. The maximum atomic E-state index is 11.7. The number of rotatable bonds is 8. The Kier molecular flexibility index (Phi) is 9.02. The van der Waals surface area contributed by atoms with Gasteiger partial charge in [-0.25, -0.2) is 5.06 Å². The molecule has 0 spiro atoms. The molecule has 0 atom stereocenters. The second kappa shape index (κ2) is 11.0. The molecule has 6 heteroatoms. The van der Waals surface area contributed by atoms with Gasteiger partial charge in [0.15, 0.2) is 0 Å². The summed E-state index contributed by atoms with van der Waals surface area (Å²) in [6.45, 7) is 2.08. The number of amides is 1. The van der Waals surface area contributed by atoms with Crippen molar-refractivity contribution in [2.24, 2.45) is 4.99 Å². The van der Waals surface area contributed by atoms with Gasteiger partial charge in [0.1, 0.15) is 5.75 Å². The van der Waals surface area contributed by atoms with Crippen LogP contribution in [0.4, 0.5) is 0 Å². The van der Waals surface area contributed by atoms with Gasteiger partial charge in [0.25, 0.3) is 5.91 Å². The molecule has 0 unspecified atom stereocenters. The molecule has 0 fully saturated rings. The minimum Gasteiger partial charge on any atom is -0.507 e. The summed E-state index contributed by atoms with van der Waals surface area (Å²) in [7, 11) is 8.59. The van der Waals surface area contributed by atoms with Crippen LogP contribution in [0.25, 0.3) is 6.08 Å². The van der Waals surface area contributed by atoms with E-state index in [0.717, 1.165) is 17.2 Å². The fourth-order valence-electron chi connectivity index (χ4n) is 2.29. The molecule has 0 aliphatic carbocycles. The molecule has 0 saturated carbocycles. The van der Waals surface area contributed by atoms with Gasteiger partial charge in [-0.3, -0.25) is 14.6 Å². The molecular weight excluding hydrogens is 342 g/mol. The lowest BCUT2D eigenvalue weighted by Crippen LogP contribution is -2.22. The Bertz CT molecular complexity index is 762. The summed E-state index contributed by atoms with van der Waals surface area (Å²) in [4.78, 5) is 22.8. The minimum atomic E-state index is -0.293. The topological polar surface area (TPSA) is 65.4 Å². The van der Waals surface area contributed by atoms with Crippen LogP contribution in [0, 0.1) is 0 Å². The molecule has 1 amide bonds. The fraction of sp³-hybridized carbons (Fsp3) is 0.333. The maximum Gasteiger partial charge on any atom is 0.269 e. The van der Waals surface area contributed by atoms with E-state index in [1.165, 1.54) is 20.2 Å². The van der Waals surface area contributed by atoms with Crippen molar-refractivity contribution in [3.8, 4) is 5.75 Å². The van der Waals surface area contributed by atoms with E-state index in [9.17, 15) is 9.90 Å². The van der Waals surface area contributed by atoms with E-state index in [4.69, 9.17) is 4.84 Å². The summed E-state index contributed by atoms with van der Waals surface area (Å²) in [5.74, 6) is -0.195. The van der Waals surface area contributed by atoms with E-state index >= 15 is 0 Å². The van der Waals surface area contributed by atoms with Gasteiger partial charge < -0.3 is 10.0 Å². The van der Waals surface area contributed by atoms with Gasteiger partial charge in [-0.05, 0) is 42.3 Å². The number of carbonyl (C=O) groups excluding carboxylic acids is 1. The van der Waals surface area contributed by atoms with Crippen molar-refractivity contribution in [3.63, 3.8) is 0 Å². The van der Waals surface area contributed by atoms with Crippen molar-refractivity contribution in [2.45, 2.75) is 13.3 Å². The highest BCUT2D eigenvalue weighted by molar-refractivity contribution is 6.10. The number of nitrogens with zero attached hydrogens (tertiary/aromatic N) is 3. The third-order valence-electron chi connectivity index (χ3n) is 3.88. The Morgan fingerprint density at radius 1 is 1.22 bits per heavy atom. The number of hydrogen-bond donors (Lipinski definition) is 1. The lowest BCUT2D eigenvalue weighted by Gasteiger charge is -2.14. The molecule has 146 valence electrons. The summed E-state index contributed by atoms with van der Waals surface area (Å²) in [6.07, 6.45) is 9.90. The molecule has 0 radical (unpaired) electrons. The van der Waals surface area contributed by atoms with Crippen LogP contribution in [-0.4, -0.2) is 62.0 Å². The lowest BCUT2D eigenvalue weighted by atomic mass is 10.0. The van der Waals surface area contributed by atoms with Gasteiger partial charge in [-0.2, -0.15) is 0 Å². The third-order valence-corrected chi connectivity index (χ3v) is 3.88. The first-order valence-electron chi connectivity index (χ1n) is 8.69. The Morgan fingerprint density at radius 2 is 1.93 bits per heavy atom. The van der Waals surface area contributed by atoms with Crippen molar-refractivity contribution in [1.29, 1.82) is 0 Å². The minimum absolute atomic E-state index is 0.0980. The summed E-state index contributed by atoms with van der Waals surface area (Å²) < 4.78 is 0. The number of hydroxylamine groups is 2. The first-order chi connectivity index (χ1) is 12.8. The molecule has 0 aliphatic heterocycles. The van der Waals surface area contributed by atoms with Gasteiger partial charge in [0, 0.05) is 45.5 Å². The number of phenols is 1. The van der Waals surface area contributed by atoms with Crippen LogP contribution in [0.3, 0.4) is 0 Å². The fourth-order valence-corrected chi connectivity index (χ4v) is 2.29. The van der Waals surface area contributed by atoms with Crippen LogP contribution in [0.1, 0.15) is 24.5 Å². The molecule has 1 aromatic rings. The highest BCUT2D eigenvalue weighted by Crippen LogP contribution is 2.21. The van der Waals surface area contributed by atoms with E-state index in [0.29, 0.717) is 16.8 Å². The van der Waals surface area contributed by atoms with Gasteiger partial charge >= 0.3 is 0 Å².